The van der Waals surface area contributed by atoms with Gasteiger partial charge >= 0.3 is 5.97 Å². The van der Waals surface area contributed by atoms with Crippen LogP contribution in [0.5, 0.6) is 5.75 Å². The summed E-state index contributed by atoms with van der Waals surface area (Å²) in [5, 5.41) is 18.0. The fourth-order valence-corrected chi connectivity index (χ4v) is 1.49. The second kappa shape index (κ2) is 4.21. The van der Waals surface area contributed by atoms with Crippen molar-refractivity contribution in [3.63, 3.8) is 0 Å². The zero-order valence-corrected chi connectivity index (χ0v) is 8.59. The van der Waals surface area contributed by atoms with Gasteiger partial charge in [-0.1, -0.05) is 6.07 Å². The van der Waals surface area contributed by atoms with E-state index in [1.54, 1.807) is 0 Å². The van der Waals surface area contributed by atoms with Crippen LogP contribution in [0.25, 0.3) is 11.1 Å². The Balaban J connectivity index is 2.60. The van der Waals surface area contributed by atoms with Crippen LogP contribution in [0, 0.1) is 5.82 Å². The summed E-state index contributed by atoms with van der Waals surface area (Å²) in [5.41, 5.74) is 0.712. The zero-order valence-electron chi connectivity index (χ0n) is 8.59. The summed E-state index contributed by atoms with van der Waals surface area (Å²) >= 11 is 0. The molecule has 0 atom stereocenters. The highest BCUT2D eigenvalue weighted by molar-refractivity contribution is 5.95. The first-order chi connectivity index (χ1) is 8.09. The van der Waals surface area contributed by atoms with E-state index in [1.807, 2.05) is 0 Å². The highest BCUT2D eigenvalue weighted by atomic mass is 19.1. The number of carboxylic acids is 1. The smallest absolute Gasteiger partial charge is 0.337 e. The van der Waals surface area contributed by atoms with Crippen molar-refractivity contribution in [2.24, 2.45) is 0 Å². The van der Waals surface area contributed by atoms with Gasteiger partial charge in [0, 0.05) is 12.4 Å². The average Bonchev–Trinajstić information content (AvgIpc) is 2.32. The molecule has 17 heavy (non-hydrogen) atoms. The van der Waals surface area contributed by atoms with E-state index in [0.717, 1.165) is 6.07 Å². The van der Waals surface area contributed by atoms with E-state index >= 15 is 0 Å². The molecule has 0 spiro atoms. The van der Waals surface area contributed by atoms with Crippen LogP contribution in [-0.2, 0) is 0 Å². The van der Waals surface area contributed by atoms with Gasteiger partial charge in [0.1, 0.15) is 0 Å². The van der Waals surface area contributed by atoms with Crippen LogP contribution in [0.15, 0.2) is 36.7 Å². The fourth-order valence-electron chi connectivity index (χ4n) is 1.49. The van der Waals surface area contributed by atoms with Gasteiger partial charge in [0.2, 0.25) is 0 Å². The van der Waals surface area contributed by atoms with Crippen LogP contribution in [-0.4, -0.2) is 21.2 Å². The summed E-state index contributed by atoms with van der Waals surface area (Å²) in [6.45, 7) is 0. The molecule has 0 aliphatic heterocycles. The van der Waals surface area contributed by atoms with Crippen LogP contribution in [0.1, 0.15) is 10.4 Å². The number of aromatic hydroxyl groups is 1. The molecule has 2 rings (SSSR count). The maximum atomic E-state index is 13.2. The quantitative estimate of drug-likeness (QED) is 0.834. The molecule has 0 radical (unpaired) electrons. The van der Waals surface area contributed by atoms with Crippen molar-refractivity contribution in [2.75, 3.05) is 0 Å². The third kappa shape index (κ3) is 2.08. The first-order valence-electron chi connectivity index (χ1n) is 4.76. The number of carbonyl (C=O) groups is 1. The summed E-state index contributed by atoms with van der Waals surface area (Å²) in [6.07, 6.45) is 2.62. The number of phenolic OH excluding ortho intramolecular Hbond substituents is 1. The predicted octanol–water partition coefficient (Wildman–Crippen LogP) is 2.29. The normalized spacial score (nSPS) is 10.2. The van der Waals surface area contributed by atoms with Crippen LogP contribution in [0.2, 0.25) is 0 Å². The molecule has 2 N–H and O–H groups in total. The number of nitrogens with zero attached hydrogens (tertiary/aromatic N) is 1. The molecule has 2 aromatic rings. The second-order valence-corrected chi connectivity index (χ2v) is 3.39. The molecule has 0 amide bonds. The van der Waals surface area contributed by atoms with Crippen LogP contribution >= 0.6 is 0 Å². The van der Waals surface area contributed by atoms with Crippen LogP contribution in [0.4, 0.5) is 4.39 Å². The Hall–Kier alpha value is -2.43. The lowest BCUT2D eigenvalue weighted by molar-refractivity contribution is 0.0697. The standard InChI is InChI=1S/C12H8FNO3/c13-10-5-7(1-2-11(10)15)8-3-4-14-6-9(8)12(16)17/h1-6,15H,(H,16,17). The number of carboxylic acid groups (broad SMARTS) is 1. The zero-order chi connectivity index (χ0) is 12.4. The molecule has 0 aliphatic rings. The molecule has 0 unspecified atom stereocenters. The molecule has 1 aromatic heterocycles. The monoisotopic (exact) mass is 233 g/mol. The van der Waals surface area contributed by atoms with Crippen molar-refractivity contribution in [1.82, 2.24) is 4.98 Å². The van der Waals surface area contributed by atoms with Crippen molar-refractivity contribution in [3.05, 3.63) is 48.0 Å². The first-order valence-corrected chi connectivity index (χ1v) is 4.76. The second-order valence-electron chi connectivity index (χ2n) is 3.39. The highest BCUT2D eigenvalue weighted by Gasteiger charge is 2.12. The van der Waals surface area contributed by atoms with Gasteiger partial charge in [-0.05, 0) is 29.3 Å². The van der Waals surface area contributed by atoms with E-state index in [0.29, 0.717) is 11.1 Å². The molecule has 0 aliphatic carbocycles. The lowest BCUT2D eigenvalue weighted by Crippen LogP contribution is -2.00. The molecule has 0 saturated heterocycles. The Bertz CT molecular complexity index is 584. The number of rotatable bonds is 2. The minimum atomic E-state index is -1.14. The predicted molar refractivity (Wildman–Crippen MR) is 58.3 cm³/mol. The molecule has 0 fully saturated rings. The van der Waals surface area contributed by atoms with Crippen molar-refractivity contribution < 1.29 is 19.4 Å². The number of aromatic carboxylic acids is 1. The maximum Gasteiger partial charge on any atom is 0.337 e. The van der Waals surface area contributed by atoms with Gasteiger partial charge in [-0.3, -0.25) is 4.98 Å². The minimum absolute atomic E-state index is 0.0161. The van der Waals surface area contributed by atoms with Gasteiger partial charge in [0.05, 0.1) is 5.56 Å². The largest absolute Gasteiger partial charge is 0.505 e. The number of hydrogen-bond acceptors (Lipinski definition) is 3. The van der Waals surface area contributed by atoms with Crippen molar-refractivity contribution in [2.45, 2.75) is 0 Å². The summed E-state index contributed by atoms with van der Waals surface area (Å²) < 4.78 is 13.2. The minimum Gasteiger partial charge on any atom is -0.505 e. The van der Waals surface area contributed by atoms with E-state index in [2.05, 4.69) is 4.98 Å². The summed E-state index contributed by atoms with van der Waals surface area (Å²) in [7, 11) is 0. The Morgan fingerprint density at radius 3 is 2.71 bits per heavy atom. The van der Waals surface area contributed by atoms with Crippen molar-refractivity contribution in [3.8, 4) is 16.9 Å². The number of benzene rings is 1. The van der Waals surface area contributed by atoms with Gasteiger partial charge in [0.25, 0.3) is 0 Å². The van der Waals surface area contributed by atoms with Crippen molar-refractivity contribution >= 4 is 5.97 Å². The number of halogens is 1. The van der Waals surface area contributed by atoms with Gasteiger partial charge in [0.15, 0.2) is 11.6 Å². The van der Waals surface area contributed by atoms with E-state index in [-0.39, 0.29) is 5.56 Å². The number of pyridine rings is 1. The Labute approximate surface area is 96.0 Å². The molecule has 1 aromatic carbocycles. The van der Waals surface area contributed by atoms with Gasteiger partial charge in [-0.2, -0.15) is 0 Å². The number of phenols is 1. The van der Waals surface area contributed by atoms with E-state index in [1.165, 1.54) is 30.6 Å². The average molecular weight is 233 g/mol. The molecule has 5 heteroatoms. The summed E-state index contributed by atoms with van der Waals surface area (Å²) in [5.74, 6) is -2.41. The lowest BCUT2D eigenvalue weighted by Gasteiger charge is -2.06. The van der Waals surface area contributed by atoms with Gasteiger partial charge in [-0.15, -0.1) is 0 Å². The molecular weight excluding hydrogens is 225 g/mol. The van der Waals surface area contributed by atoms with E-state index < -0.39 is 17.5 Å². The molecule has 4 nitrogen and oxygen atoms in total. The molecule has 86 valence electrons. The Kier molecular flexibility index (Phi) is 2.74. The topological polar surface area (TPSA) is 70.4 Å². The summed E-state index contributed by atoms with van der Waals surface area (Å²) in [4.78, 5) is 14.7. The Morgan fingerprint density at radius 1 is 1.29 bits per heavy atom. The number of aromatic nitrogens is 1. The van der Waals surface area contributed by atoms with Crippen molar-refractivity contribution in [1.29, 1.82) is 0 Å². The van der Waals surface area contributed by atoms with Gasteiger partial charge in [-0.25, -0.2) is 9.18 Å². The highest BCUT2D eigenvalue weighted by Crippen LogP contribution is 2.26. The molecular formula is C12H8FNO3. The molecule has 1 heterocycles. The van der Waals surface area contributed by atoms with Gasteiger partial charge < -0.3 is 10.2 Å². The van der Waals surface area contributed by atoms with E-state index in [9.17, 15) is 9.18 Å². The fraction of sp³-hybridized carbons (Fsp3) is 0. The summed E-state index contributed by atoms with van der Waals surface area (Å²) in [6, 6.07) is 5.18. The first kappa shape index (κ1) is 11.1. The molecule has 0 saturated carbocycles. The van der Waals surface area contributed by atoms with Crippen LogP contribution in [0.3, 0.4) is 0 Å². The molecule has 0 bridgehead atoms. The SMILES string of the molecule is O=C(O)c1cnccc1-c1ccc(O)c(F)c1. The maximum absolute atomic E-state index is 13.2. The van der Waals surface area contributed by atoms with Crippen LogP contribution < -0.4 is 0 Å². The number of hydrogen-bond donors (Lipinski definition) is 2. The van der Waals surface area contributed by atoms with E-state index in [4.69, 9.17) is 10.2 Å². The third-order valence-electron chi connectivity index (χ3n) is 2.31. The Morgan fingerprint density at radius 2 is 2.06 bits per heavy atom. The third-order valence-corrected chi connectivity index (χ3v) is 2.31. The lowest BCUT2D eigenvalue weighted by atomic mass is 10.0.